The third-order valence-electron chi connectivity index (χ3n) is 4.78. The van der Waals surface area contributed by atoms with Crippen molar-refractivity contribution < 1.29 is 36.4 Å². The van der Waals surface area contributed by atoms with E-state index >= 15 is 0 Å². The predicted molar refractivity (Wildman–Crippen MR) is 107 cm³/mol. The number of nitrogens with zero attached hydrogens (tertiary/aromatic N) is 3. The van der Waals surface area contributed by atoms with Gasteiger partial charge in [-0.2, -0.15) is 18.2 Å². The molecule has 0 bridgehead atoms. The van der Waals surface area contributed by atoms with Crippen LogP contribution in [0.4, 0.5) is 17.6 Å². The third-order valence-corrected chi connectivity index (χ3v) is 5.86. The molecule has 3 aromatic rings. The summed E-state index contributed by atoms with van der Waals surface area (Å²) in [5.41, 5.74) is 0.189. The number of morpholine rings is 1. The zero-order chi connectivity index (χ0) is 23.6. The molecule has 13 heteroatoms. The minimum Gasteiger partial charge on any atom is -0.377 e. The van der Waals surface area contributed by atoms with E-state index in [0.29, 0.717) is 6.61 Å². The second kappa shape index (κ2) is 9.27. The molecular formula is C20H16F4N4O4S. The average molecular weight is 484 g/mol. The molecule has 1 N–H and O–H groups in total. The maximum Gasteiger partial charge on any atom is 0.471 e. The van der Waals surface area contributed by atoms with Gasteiger partial charge in [0.1, 0.15) is 5.82 Å². The molecule has 174 valence electrons. The van der Waals surface area contributed by atoms with Crippen molar-refractivity contribution in [1.29, 1.82) is 0 Å². The Morgan fingerprint density at radius 3 is 2.79 bits per heavy atom. The smallest absolute Gasteiger partial charge is 0.377 e. The number of benzene rings is 1. The van der Waals surface area contributed by atoms with Gasteiger partial charge in [0.05, 0.1) is 29.0 Å². The molecule has 1 aliphatic heterocycles. The Labute approximate surface area is 188 Å². The molecule has 1 fully saturated rings. The summed E-state index contributed by atoms with van der Waals surface area (Å²) in [6.07, 6.45) is -4.76. The van der Waals surface area contributed by atoms with E-state index in [-0.39, 0.29) is 46.7 Å². The number of carbonyl (C=O) groups is 2. The largest absolute Gasteiger partial charge is 0.471 e. The van der Waals surface area contributed by atoms with Crippen LogP contribution in [0.3, 0.4) is 0 Å². The summed E-state index contributed by atoms with van der Waals surface area (Å²) in [6, 6.07) is 7.68. The van der Waals surface area contributed by atoms with Crippen molar-refractivity contribution in [3.63, 3.8) is 0 Å². The Morgan fingerprint density at radius 1 is 1.24 bits per heavy atom. The van der Waals surface area contributed by atoms with Gasteiger partial charge < -0.3 is 19.5 Å². The van der Waals surface area contributed by atoms with E-state index in [2.05, 4.69) is 20.0 Å². The summed E-state index contributed by atoms with van der Waals surface area (Å²) in [5, 5.41) is 5.98. The maximum atomic E-state index is 13.5. The van der Waals surface area contributed by atoms with Crippen molar-refractivity contribution in [3.8, 4) is 10.7 Å². The Balaban J connectivity index is 1.40. The van der Waals surface area contributed by atoms with Gasteiger partial charge >= 0.3 is 12.1 Å². The normalized spacial score (nSPS) is 16.6. The van der Waals surface area contributed by atoms with Crippen molar-refractivity contribution in [2.75, 3.05) is 26.3 Å². The fourth-order valence-corrected chi connectivity index (χ4v) is 4.04. The molecule has 0 radical (unpaired) electrons. The minimum absolute atomic E-state index is 0.0631. The van der Waals surface area contributed by atoms with Crippen LogP contribution < -0.4 is 5.32 Å². The van der Waals surface area contributed by atoms with E-state index < -0.39 is 29.8 Å². The highest BCUT2D eigenvalue weighted by Crippen LogP contribution is 2.31. The molecule has 1 unspecified atom stereocenters. The highest BCUT2D eigenvalue weighted by molar-refractivity contribution is 7.17. The first-order valence-electron chi connectivity index (χ1n) is 9.66. The molecule has 0 saturated carbocycles. The maximum absolute atomic E-state index is 13.5. The molecule has 2 aromatic heterocycles. The second-order valence-electron chi connectivity index (χ2n) is 7.03. The Hall–Kier alpha value is -3.32. The third kappa shape index (κ3) is 5.20. The van der Waals surface area contributed by atoms with Gasteiger partial charge in [-0.05, 0) is 30.3 Å². The lowest BCUT2D eigenvalue weighted by atomic mass is 10.1. The molecule has 0 spiro atoms. The SMILES string of the molecule is O=C(NCC1COCCN1C(=O)c1cccc(F)c1)c1ccc(-c2noc(C(F)(F)F)n2)s1. The van der Waals surface area contributed by atoms with Crippen LogP contribution >= 0.6 is 11.3 Å². The Morgan fingerprint density at radius 2 is 2.06 bits per heavy atom. The summed E-state index contributed by atoms with van der Waals surface area (Å²) < 4.78 is 61.0. The molecule has 8 nitrogen and oxygen atoms in total. The number of halogens is 4. The van der Waals surface area contributed by atoms with Gasteiger partial charge in [0.15, 0.2) is 0 Å². The van der Waals surface area contributed by atoms with Crippen molar-refractivity contribution in [1.82, 2.24) is 20.4 Å². The highest BCUT2D eigenvalue weighted by atomic mass is 32.1. The molecule has 33 heavy (non-hydrogen) atoms. The van der Waals surface area contributed by atoms with Crippen LogP contribution in [0.2, 0.25) is 0 Å². The van der Waals surface area contributed by atoms with E-state index in [1.807, 2.05) is 0 Å². The second-order valence-corrected chi connectivity index (χ2v) is 8.12. The first-order chi connectivity index (χ1) is 15.7. The number of alkyl halides is 3. The summed E-state index contributed by atoms with van der Waals surface area (Å²) in [4.78, 5) is 30.6. The van der Waals surface area contributed by atoms with Crippen molar-refractivity contribution >= 4 is 23.2 Å². The van der Waals surface area contributed by atoms with Gasteiger partial charge in [0, 0.05) is 18.7 Å². The van der Waals surface area contributed by atoms with Crippen molar-refractivity contribution in [2.24, 2.45) is 0 Å². The van der Waals surface area contributed by atoms with Gasteiger partial charge in [-0.25, -0.2) is 4.39 Å². The van der Waals surface area contributed by atoms with Crippen LogP contribution in [-0.2, 0) is 10.9 Å². The zero-order valence-corrected chi connectivity index (χ0v) is 17.6. The monoisotopic (exact) mass is 484 g/mol. The number of aromatic nitrogens is 2. The molecular weight excluding hydrogens is 468 g/mol. The van der Waals surface area contributed by atoms with Gasteiger partial charge in [-0.1, -0.05) is 11.2 Å². The average Bonchev–Trinajstić information content (AvgIpc) is 3.47. The van der Waals surface area contributed by atoms with Crippen LogP contribution in [0.25, 0.3) is 10.7 Å². The van der Waals surface area contributed by atoms with Gasteiger partial charge in [0.2, 0.25) is 5.82 Å². The fourth-order valence-electron chi connectivity index (χ4n) is 3.20. The minimum atomic E-state index is -4.76. The van der Waals surface area contributed by atoms with Crippen LogP contribution in [0, 0.1) is 5.82 Å². The van der Waals surface area contributed by atoms with Crippen molar-refractivity contribution in [2.45, 2.75) is 12.2 Å². The quantitative estimate of drug-likeness (QED) is 0.559. The van der Waals surface area contributed by atoms with E-state index in [4.69, 9.17) is 4.74 Å². The van der Waals surface area contributed by atoms with E-state index in [1.165, 1.54) is 35.2 Å². The molecule has 0 aliphatic carbocycles. The fraction of sp³-hybridized carbons (Fsp3) is 0.300. The lowest BCUT2D eigenvalue weighted by Gasteiger charge is -2.35. The van der Waals surface area contributed by atoms with Crippen molar-refractivity contribution in [3.05, 3.63) is 58.5 Å². The standard InChI is InChI=1S/C20H16F4N4O4S/c21-12-3-1-2-11(8-12)18(30)28-6-7-31-10-13(28)9-25-17(29)15-5-4-14(33-15)16-26-19(32-27-16)20(22,23)24/h1-5,8,13H,6-7,9-10H2,(H,25,29). The molecule has 4 rings (SSSR count). The molecule has 1 atom stereocenters. The van der Waals surface area contributed by atoms with E-state index in [9.17, 15) is 27.2 Å². The molecule has 1 saturated heterocycles. The summed E-state index contributed by atoms with van der Waals surface area (Å²) in [5.74, 6) is -3.16. The number of nitrogens with one attached hydrogen (secondary N) is 1. The first-order valence-corrected chi connectivity index (χ1v) is 10.5. The van der Waals surface area contributed by atoms with Crippen LogP contribution in [0.1, 0.15) is 25.9 Å². The zero-order valence-electron chi connectivity index (χ0n) is 16.8. The number of hydrogen-bond donors (Lipinski definition) is 1. The van der Waals surface area contributed by atoms with Crippen LogP contribution in [-0.4, -0.2) is 59.2 Å². The van der Waals surface area contributed by atoms with E-state index in [0.717, 1.165) is 17.4 Å². The van der Waals surface area contributed by atoms with Gasteiger partial charge in [-0.3, -0.25) is 9.59 Å². The highest BCUT2D eigenvalue weighted by Gasteiger charge is 2.38. The predicted octanol–water partition coefficient (Wildman–Crippen LogP) is 3.23. The number of rotatable bonds is 5. The van der Waals surface area contributed by atoms with E-state index in [1.54, 1.807) is 0 Å². The summed E-state index contributed by atoms with van der Waals surface area (Å²) in [7, 11) is 0. The number of thiophene rings is 1. The molecule has 1 aromatic carbocycles. The number of hydrogen-bond acceptors (Lipinski definition) is 7. The lowest BCUT2D eigenvalue weighted by molar-refractivity contribution is -0.159. The van der Waals surface area contributed by atoms with Crippen LogP contribution in [0.5, 0.6) is 0 Å². The topological polar surface area (TPSA) is 97.6 Å². The van der Waals surface area contributed by atoms with Gasteiger partial charge in [-0.15, -0.1) is 11.3 Å². The lowest BCUT2D eigenvalue weighted by Crippen LogP contribution is -2.53. The molecule has 2 amide bonds. The summed E-state index contributed by atoms with van der Waals surface area (Å²) >= 11 is 0.892. The number of carbonyl (C=O) groups excluding carboxylic acids is 2. The van der Waals surface area contributed by atoms with Gasteiger partial charge in [0.25, 0.3) is 11.8 Å². The van der Waals surface area contributed by atoms with Crippen LogP contribution in [0.15, 0.2) is 40.9 Å². The summed E-state index contributed by atoms with van der Waals surface area (Å²) in [6.45, 7) is 0.830. The number of ether oxygens (including phenoxy) is 1. The molecule has 3 heterocycles. The Kier molecular flexibility index (Phi) is 6.42. The number of amides is 2. The molecule has 1 aliphatic rings. The Bertz CT molecular complexity index is 1160. The first kappa shape index (κ1) is 22.9.